The first-order valence-electron chi connectivity index (χ1n) is 5.69. The molecule has 4 heteroatoms. The van der Waals surface area contributed by atoms with Crippen molar-refractivity contribution in [2.45, 2.75) is 32.0 Å². The second-order valence-corrected chi connectivity index (χ2v) is 5.01. The number of fused-ring (bicyclic) bond motifs is 1. The zero-order valence-electron chi connectivity index (χ0n) is 10.1. The number of halogens is 1. The van der Waals surface area contributed by atoms with Gasteiger partial charge in [0.25, 0.3) is 0 Å². The second-order valence-electron chi connectivity index (χ2n) is 5.01. The zero-order chi connectivity index (χ0) is 12.5. The minimum absolute atomic E-state index is 0.0839. The van der Waals surface area contributed by atoms with Gasteiger partial charge in [-0.05, 0) is 25.5 Å². The fourth-order valence-electron chi connectivity index (χ4n) is 1.75. The van der Waals surface area contributed by atoms with Gasteiger partial charge in [-0.25, -0.2) is 4.39 Å². The molecule has 0 saturated heterocycles. The predicted octanol–water partition coefficient (Wildman–Crippen LogP) is 1.92. The Balaban J connectivity index is 1.97. The van der Waals surface area contributed by atoms with Crippen LogP contribution in [0, 0.1) is 5.82 Å². The minimum Gasteiger partial charge on any atom is -0.490 e. The Bertz CT molecular complexity index is 398. The van der Waals surface area contributed by atoms with E-state index in [0.717, 1.165) is 5.56 Å². The van der Waals surface area contributed by atoms with Crippen LogP contribution < -0.4 is 4.74 Å². The minimum atomic E-state index is -0.844. The van der Waals surface area contributed by atoms with Crippen LogP contribution in [0.1, 0.15) is 19.4 Å². The SMILES string of the molecule is CC(C)(O)COC1COc2cc(F)ccc2C1. The highest BCUT2D eigenvalue weighted by atomic mass is 19.1. The molecule has 1 unspecified atom stereocenters. The van der Waals surface area contributed by atoms with E-state index >= 15 is 0 Å². The van der Waals surface area contributed by atoms with E-state index in [1.54, 1.807) is 19.9 Å². The molecule has 1 aromatic rings. The van der Waals surface area contributed by atoms with Gasteiger partial charge < -0.3 is 14.6 Å². The first-order valence-corrected chi connectivity index (χ1v) is 5.69. The van der Waals surface area contributed by atoms with Crippen LogP contribution in [0.2, 0.25) is 0 Å². The maximum atomic E-state index is 13.0. The summed E-state index contributed by atoms with van der Waals surface area (Å²) in [6.07, 6.45) is 0.602. The summed E-state index contributed by atoms with van der Waals surface area (Å²) in [6, 6.07) is 4.52. The van der Waals surface area contributed by atoms with Crippen molar-refractivity contribution >= 4 is 0 Å². The van der Waals surface area contributed by atoms with Crippen molar-refractivity contribution in [1.29, 1.82) is 0 Å². The monoisotopic (exact) mass is 240 g/mol. The number of benzene rings is 1. The van der Waals surface area contributed by atoms with E-state index < -0.39 is 5.60 Å². The summed E-state index contributed by atoms with van der Waals surface area (Å²) in [5, 5.41) is 9.56. The molecule has 1 aliphatic heterocycles. The molecule has 1 heterocycles. The van der Waals surface area contributed by atoms with Crippen molar-refractivity contribution in [3.8, 4) is 5.75 Å². The summed E-state index contributed by atoms with van der Waals surface area (Å²) in [6.45, 7) is 4.05. The normalized spacial score (nSPS) is 19.6. The summed E-state index contributed by atoms with van der Waals surface area (Å²) in [4.78, 5) is 0. The Hall–Kier alpha value is -1.13. The summed E-state index contributed by atoms with van der Waals surface area (Å²) in [7, 11) is 0. The van der Waals surface area contributed by atoms with Gasteiger partial charge in [0.2, 0.25) is 0 Å². The molecule has 1 atom stereocenters. The van der Waals surface area contributed by atoms with E-state index in [9.17, 15) is 9.50 Å². The Kier molecular flexibility index (Phi) is 3.35. The van der Waals surface area contributed by atoms with Crippen LogP contribution in [-0.4, -0.2) is 30.0 Å². The summed E-state index contributed by atoms with van der Waals surface area (Å²) in [5.74, 6) is 0.299. The third kappa shape index (κ3) is 3.41. The van der Waals surface area contributed by atoms with Crippen molar-refractivity contribution in [1.82, 2.24) is 0 Å². The molecule has 0 spiro atoms. The topological polar surface area (TPSA) is 38.7 Å². The molecule has 1 aliphatic rings. The van der Waals surface area contributed by atoms with Gasteiger partial charge in [-0.3, -0.25) is 0 Å². The number of hydrogen-bond acceptors (Lipinski definition) is 3. The summed E-state index contributed by atoms with van der Waals surface area (Å²) >= 11 is 0. The van der Waals surface area contributed by atoms with Crippen LogP contribution in [0.4, 0.5) is 4.39 Å². The Morgan fingerprint density at radius 1 is 1.53 bits per heavy atom. The van der Waals surface area contributed by atoms with Gasteiger partial charge in [0.05, 0.1) is 18.3 Å². The van der Waals surface area contributed by atoms with Gasteiger partial charge in [0.15, 0.2) is 0 Å². The summed E-state index contributed by atoms with van der Waals surface area (Å²) < 4.78 is 24.0. The number of ether oxygens (including phenoxy) is 2. The molecular formula is C13H17FO3. The van der Waals surface area contributed by atoms with Crippen LogP contribution in [0.15, 0.2) is 18.2 Å². The first kappa shape index (κ1) is 12.3. The van der Waals surface area contributed by atoms with Crippen molar-refractivity contribution in [3.05, 3.63) is 29.6 Å². The van der Waals surface area contributed by atoms with Gasteiger partial charge in [0.1, 0.15) is 18.2 Å². The van der Waals surface area contributed by atoms with Gasteiger partial charge in [0, 0.05) is 12.5 Å². The highest BCUT2D eigenvalue weighted by Gasteiger charge is 2.23. The van der Waals surface area contributed by atoms with Crippen LogP contribution in [0.5, 0.6) is 5.75 Å². The molecule has 0 aliphatic carbocycles. The Morgan fingerprint density at radius 2 is 2.29 bits per heavy atom. The molecule has 0 aromatic heterocycles. The van der Waals surface area contributed by atoms with Crippen molar-refractivity contribution in [2.24, 2.45) is 0 Å². The Labute approximate surface area is 100 Å². The van der Waals surface area contributed by atoms with Crippen molar-refractivity contribution in [3.63, 3.8) is 0 Å². The fourth-order valence-corrected chi connectivity index (χ4v) is 1.75. The molecule has 2 rings (SSSR count). The van der Waals surface area contributed by atoms with Gasteiger partial charge in [-0.2, -0.15) is 0 Å². The predicted molar refractivity (Wildman–Crippen MR) is 61.6 cm³/mol. The summed E-state index contributed by atoms with van der Waals surface area (Å²) in [5.41, 5.74) is 0.0988. The lowest BCUT2D eigenvalue weighted by atomic mass is 10.0. The number of aliphatic hydroxyl groups is 1. The first-order chi connectivity index (χ1) is 7.94. The second kappa shape index (κ2) is 4.63. The largest absolute Gasteiger partial charge is 0.490 e. The average Bonchev–Trinajstić information content (AvgIpc) is 2.25. The van der Waals surface area contributed by atoms with Crippen molar-refractivity contribution in [2.75, 3.05) is 13.2 Å². The van der Waals surface area contributed by atoms with E-state index in [-0.39, 0.29) is 18.5 Å². The van der Waals surface area contributed by atoms with Crippen LogP contribution >= 0.6 is 0 Å². The maximum Gasteiger partial charge on any atom is 0.126 e. The van der Waals surface area contributed by atoms with Gasteiger partial charge in [-0.15, -0.1) is 0 Å². The molecule has 94 valence electrons. The van der Waals surface area contributed by atoms with E-state index in [1.165, 1.54) is 12.1 Å². The molecule has 1 aromatic carbocycles. The molecule has 17 heavy (non-hydrogen) atoms. The average molecular weight is 240 g/mol. The number of rotatable bonds is 3. The van der Waals surface area contributed by atoms with Crippen LogP contribution in [0.25, 0.3) is 0 Å². The highest BCUT2D eigenvalue weighted by molar-refractivity contribution is 5.36. The van der Waals surface area contributed by atoms with E-state index in [2.05, 4.69) is 0 Å². The van der Waals surface area contributed by atoms with Gasteiger partial charge >= 0.3 is 0 Å². The molecule has 0 bridgehead atoms. The molecule has 0 amide bonds. The lowest BCUT2D eigenvalue weighted by molar-refractivity contribution is -0.0677. The van der Waals surface area contributed by atoms with Gasteiger partial charge in [-0.1, -0.05) is 6.07 Å². The maximum absolute atomic E-state index is 13.0. The van der Waals surface area contributed by atoms with Crippen molar-refractivity contribution < 1.29 is 19.0 Å². The molecule has 3 nitrogen and oxygen atoms in total. The molecule has 1 N–H and O–H groups in total. The van der Waals surface area contributed by atoms with E-state index in [1.807, 2.05) is 0 Å². The Morgan fingerprint density at radius 3 is 3.00 bits per heavy atom. The van der Waals surface area contributed by atoms with Crippen LogP contribution in [0.3, 0.4) is 0 Å². The van der Waals surface area contributed by atoms with E-state index in [0.29, 0.717) is 18.8 Å². The molecule has 0 saturated carbocycles. The highest BCUT2D eigenvalue weighted by Crippen LogP contribution is 2.26. The number of hydrogen-bond donors (Lipinski definition) is 1. The standard InChI is InChI=1S/C13H17FO3/c1-13(2,15)8-17-11-5-9-3-4-10(14)6-12(9)16-7-11/h3-4,6,11,15H,5,7-8H2,1-2H3. The smallest absolute Gasteiger partial charge is 0.126 e. The van der Waals surface area contributed by atoms with Crippen LogP contribution in [-0.2, 0) is 11.2 Å². The quantitative estimate of drug-likeness (QED) is 0.877. The molecular weight excluding hydrogens is 223 g/mol. The molecule has 0 fully saturated rings. The zero-order valence-corrected chi connectivity index (χ0v) is 10.1. The third-order valence-corrected chi connectivity index (χ3v) is 2.57. The third-order valence-electron chi connectivity index (χ3n) is 2.57. The lowest BCUT2D eigenvalue weighted by Gasteiger charge is -2.28. The molecule has 0 radical (unpaired) electrons. The lowest BCUT2D eigenvalue weighted by Crippen LogP contribution is -2.35. The fraction of sp³-hybridized carbons (Fsp3) is 0.538. The van der Waals surface area contributed by atoms with E-state index in [4.69, 9.17) is 9.47 Å².